The maximum Gasteiger partial charge on any atom is 0.194 e. The van der Waals surface area contributed by atoms with Crippen LogP contribution in [0.1, 0.15) is 5.82 Å². The molecule has 1 N–H and O–H groups in total. The molecular formula is C10H19N5S. The van der Waals surface area contributed by atoms with Crippen LogP contribution < -0.4 is 0 Å². The van der Waals surface area contributed by atoms with E-state index in [0.717, 1.165) is 31.9 Å². The van der Waals surface area contributed by atoms with Gasteiger partial charge >= 0.3 is 0 Å². The summed E-state index contributed by atoms with van der Waals surface area (Å²) in [6.07, 6.45) is 0.966. The van der Waals surface area contributed by atoms with Crippen molar-refractivity contribution in [1.29, 1.82) is 0 Å². The van der Waals surface area contributed by atoms with E-state index in [0.29, 0.717) is 4.77 Å². The molecule has 6 heteroatoms. The summed E-state index contributed by atoms with van der Waals surface area (Å²) >= 11 is 5.08. The van der Waals surface area contributed by atoms with Gasteiger partial charge in [0.1, 0.15) is 5.82 Å². The van der Waals surface area contributed by atoms with Crippen molar-refractivity contribution in [2.24, 2.45) is 7.05 Å². The van der Waals surface area contributed by atoms with Gasteiger partial charge in [0, 0.05) is 46.2 Å². The number of hydrogen-bond acceptors (Lipinski definition) is 4. The van der Waals surface area contributed by atoms with Crippen molar-refractivity contribution in [3.63, 3.8) is 0 Å². The summed E-state index contributed by atoms with van der Waals surface area (Å²) in [7, 11) is 4.14. The fourth-order valence-electron chi connectivity index (χ4n) is 1.93. The van der Waals surface area contributed by atoms with Gasteiger partial charge in [-0.15, -0.1) is 0 Å². The molecule has 0 saturated carbocycles. The largest absolute Gasteiger partial charge is 0.307 e. The minimum atomic E-state index is 0.702. The number of aromatic nitrogens is 3. The predicted octanol–water partition coefficient (Wildman–Crippen LogP) is 0.268. The first-order chi connectivity index (χ1) is 7.66. The SMILES string of the molecule is CN1CCN(CCc2n[nH]c(=S)n2C)CC1. The summed E-state index contributed by atoms with van der Waals surface area (Å²) in [5, 5.41) is 7.04. The first-order valence-electron chi connectivity index (χ1n) is 5.68. The number of nitrogens with one attached hydrogen (secondary N) is 1. The van der Waals surface area contributed by atoms with E-state index in [9.17, 15) is 0 Å². The number of rotatable bonds is 3. The molecule has 1 aromatic heterocycles. The van der Waals surface area contributed by atoms with Crippen molar-refractivity contribution < 1.29 is 0 Å². The number of piperazine rings is 1. The second-order valence-electron chi connectivity index (χ2n) is 4.40. The summed E-state index contributed by atoms with van der Waals surface area (Å²) in [4.78, 5) is 4.85. The lowest BCUT2D eigenvalue weighted by atomic mass is 10.3. The lowest BCUT2D eigenvalue weighted by Gasteiger charge is -2.32. The van der Waals surface area contributed by atoms with Crippen LogP contribution in [-0.4, -0.2) is 64.3 Å². The number of H-pyrrole nitrogens is 1. The highest BCUT2D eigenvalue weighted by Crippen LogP contribution is 2.02. The molecule has 0 aliphatic carbocycles. The van der Waals surface area contributed by atoms with Crippen molar-refractivity contribution in [3.05, 3.63) is 10.6 Å². The molecule has 0 unspecified atom stereocenters. The molecule has 0 atom stereocenters. The maximum absolute atomic E-state index is 5.08. The fourth-order valence-corrected chi connectivity index (χ4v) is 2.08. The van der Waals surface area contributed by atoms with Gasteiger partial charge < -0.3 is 14.4 Å². The Kier molecular flexibility index (Phi) is 3.73. The topological polar surface area (TPSA) is 40.1 Å². The molecule has 1 aliphatic rings. The normalized spacial score (nSPS) is 19.1. The molecule has 2 rings (SSSR count). The molecule has 0 amide bonds. The summed E-state index contributed by atoms with van der Waals surface area (Å²) in [6, 6.07) is 0. The van der Waals surface area contributed by atoms with E-state index in [4.69, 9.17) is 12.2 Å². The number of aromatic amines is 1. The van der Waals surface area contributed by atoms with Gasteiger partial charge in [0.15, 0.2) is 4.77 Å². The fraction of sp³-hybridized carbons (Fsp3) is 0.800. The standard InChI is InChI=1S/C10H19N5S/c1-13-5-7-15(8-6-13)4-3-9-11-12-10(16)14(9)2/h3-8H2,1-2H3,(H,12,16). The Morgan fingerprint density at radius 2 is 1.94 bits per heavy atom. The van der Waals surface area contributed by atoms with Crippen molar-refractivity contribution in [3.8, 4) is 0 Å². The van der Waals surface area contributed by atoms with E-state index in [2.05, 4.69) is 27.0 Å². The van der Waals surface area contributed by atoms with Gasteiger partial charge in [-0.05, 0) is 19.3 Å². The highest BCUT2D eigenvalue weighted by Gasteiger charge is 2.14. The van der Waals surface area contributed by atoms with Crippen LogP contribution in [0, 0.1) is 4.77 Å². The van der Waals surface area contributed by atoms with E-state index in [1.54, 1.807) is 0 Å². The third kappa shape index (κ3) is 2.69. The lowest BCUT2D eigenvalue weighted by molar-refractivity contribution is 0.154. The summed E-state index contributed by atoms with van der Waals surface area (Å²) in [5.74, 6) is 1.05. The van der Waals surface area contributed by atoms with Gasteiger partial charge in [0.05, 0.1) is 0 Å². The molecular weight excluding hydrogens is 222 g/mol. The molecule has 5 nitrogen and oxygen atoms in total. The van der Waals surface area contributed by atoms with Crippen molar-refractivity contribution in [2.45, 2.75) is 6.42 Å². The number of hydrogen-bond donors (Lipinski definition) is 1. The molecule has 1 aromatic rings. The van der Waals surface area contributed by atoms with Crippen LogP contribution >= 0.6 is 12.2 Å². The first kappa shape index (κ1) is 11.8. The van der Waals surface area contributed by atoms with Gasteiger partial charge in [-0.25, -0.2) is 0 Å². The Bertz CT molecular complexity index is 388. The maximum atomic E-state index is 5.08. The Morgan fingerprint density at radius 3 is 2.50 bits per heavy atom. The van der Waals surface area contributed by atoms with Crippen molar-refractivity contribution in [2.75, 3.05) is 39.8 Å². The number of likely N-dealkylation sites (N-methyl/N-ethyl adjacent to an activating group) is 1. The Morgan fingerprint density at radius 1 is 1.25 bits per heavy atom. The average Bonchev–Trinajstić information content (AvgIpc) is 2.60. The monoisotopic (exact) mass is 241 g/mol. The quantitative estimate of drug-likeness (QED) is 0.771. The third-order valence-corrected chi connectivity index (χ3v) is 3.59. The molecule has 1 aliphatic heterocycles. The van der Waals surface area contributed by atoms with Gasteiger partial charge in [-0.3, -0.25) is 5.10 Å². The Balaban J connectivity index is 1.83. The summed E-state index contributed by atoms with van der Waals surface area (Å²) < 4.78 is 2.65. The average molecular weight is 241 g/mol. The van der Waals surface area contributed by atoms with Crippen molar-refractivity contribution in [1.82, 2.24) is 24.6 Å². The zero-order valence-corrected chi connectivity index (χ0v) is 10.8. The van der Waals surface area contributed by atoms with Crippen LogP contribution in [0.4, 0.5) is 0 Å². The van der Waals surface area contributed by atoms with E-state index < -0.39 is 0 Å². The van der Waals surface area contributed by atoms with E-state index in [1.165, 1.54) is 13.1 Å². The third-order valence-electron chi connectivity index (χ3n) is 3.22. The van der Waals surface area contributed by atoms with Gasteiger partial charge in [-0.1, -0.05) is 0 Å². The van der Waals surface area contributed by atoms with Gasteiger partial charge in [-0.2, -0.15) is 5.10 Å². The molecule has 2 heterocycles. The lowest BCUT2D eigenvalue weighted by Crippen LogP contribution is -2.45. The van der Waals surface area contributed by atoms with E-state index in [-0.39, 0.29) is 0 Å². The number of nitrogens with zero attached hydrogens (tertiary/aromatic N) is 4. The molecule has 1 fully saturated rings. The molecule has 16 heavy (non-hydrogen) atoms. The van der Waals surface area contributed by atoms with Crippen LogP contribution in [0.3, 0.4) is 0 Å². The second-order valence-corrected chi connectivity index (χ2v) is 4.79. The molecule has 0 spiro atoms. The second kappa shape index (κ2) is 5.07. The minimum absolute atomic E-state index is 0.702. The highest BCUT2D eigenvalue weighted by atomic mass is 32.1. The Labute approximate surface area is 101 Å². The van der Waals surface area contributed by atoms with Crippen LogP contribution in [-0.2, 0) is 13.5 Å². The molecule has 90 valence electrons. The van der Waals surface area contributed by atoms with Gasteiger partial charge in [0.2, 0.25) is 0 Å². The van der Waals surface area contributed by atoms with Crippen LogP contribution in [0.2, 0.25) is 0 Å². The summed E-state index contributed by atoms with van der Waals surface area (Å²) in [5.41, 5.74) is 0. The predicted molar refractivity (Wildman–Crippen MR) is 66.0 cm³/mol. The van der Waals surface area contributed by atoms with Crippen LogP contribution in [0.5, 0.6) is 0 Å². The van der Waals surface area contributed by atoms with Gasteiger partial charge in [0.25, 0.3) is 0 Å². The molecule has 0 bridgehead atoms. The van der Waals surface area contributed by atoms with Crippen LogP contribution in [0.25, 0.3) is 0 Å². The van der Waals surface area contributed by atoms with E-state index in [1.807, 2.05) is 11.6 Å². The zero-order chi connectivity index (χ0) is 11.5. The van der Waals surface area contributed by atoms with Crippen molar-refractivity contribution >= 4 is 12.2 Å². The van der Waals surface area contributed by atoms with Crippen LogP contribution in [0.15, 0.2) is 0 Å². The minimum Gasteiger partial charge on any atom is -0.307 e. The highest BCUT2D eigenvalue weighted by molar-refractivity contribution is 7.71. The molecule has 0 radical (unpaired) electrons. The smallest absolute Gasteiger partial charge is 0.194 e. The Hall–Kier alpha value is -0.720. The molecule has 1 saturated heterocycles. The van der Waals surface area contributed by atoms with E-state index >= 15 is 0 Å². The summed E-state index contributed by atoms with van der Waals surface area (Å²) in [6.45, 7) is 5.72. The molecule has 0 aromatic carbocycles. The first-order valence-corrected chi connectivity index (χ1v) is 6.09. The zero-order valence-electron chi connectivity index (χ0n) is 9.94.